The summed E-state index contributed by atoms with van der Waals surface area (Å²) in [6, 6.07) is 15.5. The van der Waals surface area contributed by atoms with Gasteiger partial charge in [-0.1, -0.05) is 38.0 Å². The van der Waals surface area contributed by atoms with Crippen molar-refractivity contribution >= 4 is 22.8 Å². The van der Waals surface area contributed by atoms with Gasteiger partial charge in [0.25, 0.3) is 5.91 Å². The Balaban J connectivity index is 1.25. The number of benzene rings is 2. The molecule has 2 N–H and O–H groups in total. The molecule has 0 unspecified atom stereocenters. The number of amides is 1. The van der Waals surface area contributed by atoms with Gasteiger partial charge in [0.1, 0.15) is 5.52 Å². The highest BCUT2D eigenvalue weighted by molar-refractivity contribution is 6.05. The topological polar surface area (TPSA) is 107 Å². The maximum atomic E-state index is 15.2. The lowest BCUT2D eigenvalue weighted by Gasteiger charge is -2.14. The Morgan fingerprint density at radius 2 is 1.92 bits per heavy atom. The lowest BCUT2D eigenvalue weighted by molar-refractivity contribution is 0.102. The molecule has 1 saturated carbocycles. The lowest BCUT2D eigenvalue weighted by atomic mass is 10.1. The summed E-state index contributed by atoms with van der Waals surface area (Å²) in [5.41, 5.74) is 2.97. The Morgan fingerprint density at radius 1 is 1.13 bits per heavy atom. The van der Waals surface area contributed by atoms with Crippen molar-refractivity contribution in [3.63, 3.8) is 0 Å². The first-order valence-electron chi connectivity index (χ1n) is 13.0. The number of anilines is 1. The number of hydrogen-bond acceptors (Lipinski definition) is 5. The largest absolute Gasteiger partial charge is 0.452 e. The molecule has 2 aromatic carbocycles. The Labute approximate surface area is 223 Å². The highest BCUT2D eigenvalue weighted by Crippen LogP contribution is 2.35. The number of nitrogens with zero attached hydrogens (tertiary/aromatic N) is 4. The first-order valence-corrected chi connectivity index (χ1v) is 13.0. The zero-order valence-electron chi connectivity index (χ0n) is 21.4. The van der Waals surface area contributed by atoms with E-state index >= 15 is 4.39 Å². The van der Waals surface area contributed by atoms with Crippen LogP contribution >= 0.6 is 0 Å². The molecule has 6 rings (SSSR count). The molecule has 198 valence electrons. The van der Waals surface area contributed by atoms with E-state index in [0.29, 0.717) is 28.9 Å². The molecule has 3 heterocycles. The molecule has 0 bridgehead atoms. The summed E-state index contributed by atoms with van der Waals surface area (Å²) >= 11 is 0. The van der Waals surface area contributed by atoms with Gasteiger partial charge in [-0.05, 0) is 43.5 Å². The number of halogens is 1. The number of imidazole rings is 1. The van der Waals surface area contributed by atoms with E-state index in [4.69, 9.17) is 4.74 Å². The van der Waals surface area contributed by atoms with Crippen molar-refractivity contribution in [2.75, 3.05) is 5.32 Å². The molecule has 0 spiro atoms. The van der Waals surface area contributed by atoms with Crippen molar-refractivity contribution in [1.82, 2.24) is 24.3 Å². The molecule has 10 heteroatoms. The molecule has 0 radical (unpaired) electrons. The van der Waals surface area contributed by atoms with Gasteiger partial charge < -0.3 is 10.1 Å². The second-order valence-corrected chi connectivity index (χ2v) is 9.55. The van der Waals surface area contributed by atoms with Gasteiger partial charge in [-0.3, -0.25) is 14.3 Å². The van der Waals surface area contributed by atoms with Crippen LogP contribution in [0.15, 0.2) is 71.8 Å². The number of nitrogens with one attached hydrogen (secondary N) is 2. The van der Waals surface area contributed by atoms with Crippen LogP contribution < -0.4 is 15.7 Å². The minimum absolute atomic E-state index is 0.0294. The van der Waals surface area contributed by atoms with Gasteiger partial charge >= 0.3 is 5.69 Å². The lowest BCUT2D eigenvalue weighted by Crippen LogP contribution is -2.20. The zero-order chi connectivity index (χ0) is 26.9. The Hall–Kier alpha value is -4.73. The third-order valence-corrected chi connectivity index (χ3v) is 7.12. The number of rotatable bonds is 7. The van der Waals surface area contributed by atoms with Crippen LogP contribution in [-0.2, 0) is 6.42 Å². The van der Waals surface area contributed by atoms with Crippen molar-refractivity contribution in [2.45, 2.75) is 45.1 Å². The van der Waals surface area contributed by atoms with Crippen LogP contribution in [0, 0.1) is 5.82 Å². The summed E-state index contributed by atoms with van der Waals surface area (Å²) < 4.78 is 24.5. The quantitative estimate of drug-likeness (QED) is 0.280. The summed E-state index contributed by atoms with van der Waals surface area (Å²) in [5.74, 6) is -0.732. The molecule has 9 nitrogen and oxygen atoms in total. The molecule has 39 heavy (non-hydrogen) atoms. The number of H-pyrrole nitrogens is 1. The van der Waals surface area contributed by atoms with Crippen molar-refractivity contribution in [1.29, 1.82) is 0 Å². The zero-order valence-corrected chi connectivity index (χ0v) is 21.4. The van der Waals surface area contributed by atoms with E-state index in [0.717, 1.165) is 37.1 Å². The minimum Gasteiger partial charge on any atom is -0.452 e. The number of pyridine rings is 1. The van der Waals surface area contributed by atoms with E-state index < -0.39 is 5.82 Å². The maximum Gasteiger partial charge on any atom is 0.328 e. The third-order valence-electron chi connectivity index (χ3n) is 7.12. The Bertz CT molecular complexity index is 1720. The van der Waals surface area contributed by atoms with Crippen molar-refractivity contribution in [3.05, 3.63) is 94.5 Å². The van der Waals surface area contributed by atoms with Gasteiger partial charge in [-0.2, -0.15) is 5.10 Å². The molecule has 5 aromatic rings. The van der Waals surface area contributed by atoms with Gasteiger partial charge in [-0.25, -0.2) is 18.9 Å². The van der Waals surface area contributed by atoms with E-state index in [1.807, 2.05) is 37.3 Å². The van der Waals surface area contributed by atoms with Crippen molar-refractivity contribution in [2.24, 2.45) is 0 Å². The van der Waals surface area contributed by atoms with Gasteiger partial charge in [0, 0.05) is 30.1 Å². The normalized spacial score (nSPS) is 13.7. The van der Waals surface area contributed by atoms with E-state index in [1.54, 1.807) is 21.4 Å². The first-order chi connectivity index (χ1) is 19.0. The Kier molecular flexibility index (Phi) is 6.44. The van der Waals surface area contributed by atoms with Gasteiger partial charge in [0.15, 0.2) is 23.0 Å². The van der Waals surface area contributed by atoms with Crippen LogP contribution in [0.2, 0.25) is 0 Å². The van der Waals surface area contributed by atoms with E-state index in [1.165, 1.54) is 24.5 Å². The highest BCUT2D eigenvalue weighted by Gasteiger charge is 2.24. The smallest absolute Gasteiger partial charge is 0.328 e. The predicted octanol–water partition coefficient (Wildman–Crippen LogP) is 5.77. The van der Waals surface area contributed by atoms with Gasteiger partial charge in [0.2, 0.25) is 0 Å². The molecule has 0 aliphatic heterocycles. The van der Waals surface area contributed by atoms with Crippen LogP contribution in [-0.4, -0.2) is 30.2 Å². The maximum absolute atomic E-state index is 15.2. The molecular weight excluding hydrogens is 499 g/mol. The molecule has 1 fully saturated rings. The van der Waals surface area contributed by atoms with Crippen molar-refractivity contribution < 1.29 is 13.9 Å². The first kappa shape index (κ1) is 24.6. The number of fused-ring (bicyclic) bond motifs is 1. The second-order valence-electron chi connectivity index (χ2n) is 9.55. The van der Waals surface area contributed by atoms with Gasteiger partial charge in [0.05, 0.1) is 23.1 Å². The fourth-order valence-electron chi connectivity index (χ4n) is 5.29. The number of para-hydroxylation sites is 1. The molecule has 1 amide bonds. The van der Waals surface area contributed by atoms with Crippen LogP contribution in [0.1, 0.15) is 54.7 Å². The molecular formula is C29H27FN6O3. The number of aromatic amines is 1. The number of aromatic nitrogens is 5. The summed E-state index contributed by atoms with van der Waals surface area (Å²) in [7, 11) is 0. The van der Waals surface area contributed by atoms with E-state index in [-0.39, 0.29) is 29.1 Å². The van der Waals surface area contributed by atoms with Gasteiger partial charge in [-0.15, -0.1) is 0 Å². The minimum atomic E-state index is -0.654. The van der Waals surface area contributed by atoms with Crippen LogP contribution in [0.3, 0.4) is 0 Å². The fourth-order valence-corrected chi connectivity index (χ4v) is 5.29. The number of carbonyl (C=O) groups excluding carboxylic acids is 1. The number of ether oxygens (including phenoxy) is 1. The molecule has 0 atom stereocenters. The molecule has 0 saturated heterocycles. The second kappa shape index (κ2) is 10.2. The summed E-state index contributed by atoms with van der Waals surface area (Å²) in [6.07, 6.45) is 7.51. The number of carbonyl (C=O) groups is 1. The summed E-state index contributed by atoms with van der Waals surface area (Å²) in [6.45, 7) is 1.95. The fraction of sp³-hybridized carbons (Fsp3) is 0.241. The predicted molar refractivity (Wildman–Crippen MR) is 145 cm³/mol. The average Bonchev–Trinajstić information content (AvgIpc) is 3.69. The van der Waals surface area contributed by atoms with E-state index in [9.17, 15) is 9.59 Å². The van der Waals surface area contributed by atoms with E-state index in [2.05, 4.69) is 20.4 Å². The highest BCUT2D eigenvalue weighted by atomic mass is 19.1. The molecule has 1 aliphatic rings. The summed E-state index contributed by atoms with van der Waals surface area (Å²) in [4.78, 5) is 32.8. The van der Waals surface area contributed by atoms with Crippen LogP contribution in [0.4, 0.5) is 10.1 Å². The third kappa shape index (κ3) is 4.58. The van der Waals surface area contributed by atoms with Crippen LogP contribution in [0.5, 0.6) is 11.5 Å². The monoisotopic (exact) mass is 526 g/mol. The standard InChI is InChI=1S/C29H27FN6O3/c1-2-23-21(17-32-36(23)20-10-4-3-5-11-20)28(37)33-18-12-13-24(22(30)16-18)39-25-14-15-31-27-26(25)35(29(38)34-27)19-8-6-7-9-19/h3-5,10-17,19H,2,6-9H2,1H3,(H,33,37)(H,31,34,38). The van der Waals surface area contributed by atoms with Crippen LogP contribution in [0.25, 0.3) is 16.9 Å². The molecule has 3 aromatic heterocycles. The molecule has 1 aliphatic carbocycles. The summed E-state index contributed by atoms with van der Waals surface area (Å²) in [5, 5.41) is 7.15. The number of hydrogen-bond donors (Lipinski definition) is 2. The SMILES string of the molecule is CCc1c(C(=O)Nc2ccc(Oc3ccnc4[nH]c(=O)n(C5CCCC5)c34)c(F)c2)cnn1-c1ccccc1. The van der Waals surface area contributed by atoms with Crippen molar-refractivity contribution in [3.8, 4) is 17.2 Å². The Morgan fingerprint density at radius 3 is 2.67 bits per heavy atom. The average molecular weight is 527 g/mol.